The molecular formula is C14H20N2O2. The first-order valence-corrected chi connectivity index (χ1v) is 6.51. The van der Waals surface area contributed by atoms with Gasteiger partial charge in [0.1, 0.15) is 5.75 Å². The van der Waals surface area contributed by atoms with E-state index in [4.69, 9.17) is 5.73 Å². The highest BCUT2D eigenvalue weighted by atomic mass is 16.3. The van der Waals surface area contributed by atoms with Crippen molar-refractivity contribution in [3.63, 3.8) is 0 Å². The molecule has 1 aromatic carbocycles. The van der Waals surface area contributed by atoms with Crippen LogP contribution in [0, 0.1) is 0 Å². The van der Waals surface area contributed by atoms with Crippen molar-refractivity contribution in [1.29, 1.82) is 0 Å². The van der Waals surface area contributed by atoms with Crippen molar-refractivity contribution in [3.8, 4) is 5.75 Å². The van der Waals surface area contributed by atoms with Gasteiger partial charge in [0.2, 0.25) is 0 Å². The SMILES string of the molecule is Nc1ccc(O)cc1C(=O)CCN1CCCCC1. The molecule has 1 fully saturated rings. The highest BCUT2D eigenvalue weighted by Crippen LogP contribution is 2.20. The number of anilines is 1. The molecule has 1 aliphatic heterocycles. The number of likely N-dealkylation sites (tertiary alicyclic amines) is 1. The Morgan fingerprint density at radius 2 is 2.00 bits per heavy atom. The molecule has 0 spiro atoms. The van der Waals surface area contributed by atoms with E-state index in [1.54, 1.807) is 6.07 Å². The molecule has 1 heterocycles. The van der Waals surface area contributed by atoms with Crippen molar-refractivity contribution < 1.29 is 9.90 Å². The molecular weight excluding hydrogens is 228 g/mol. The van der Waals surface area contributed by atoms with Crippen LogP contribution in [-0.4, -0.2) is 35.4 Å². The summed E-state index contributed by atoms with van der Waals surface area (Å²) in [6.07, 6.45) is 4.21. The van der Waals surface area contributed by atoms with Gasteiger partial charge in [-0.1, -0.05) is 6.42 Å². The molecule has 0 aliphatic carbocycles. The number of Topliss-reactive ketones (excluding diaryl/α,β-unsaturated/α-hetero) is 1. The van der Waals surface area contributed by atoms with Crippen molar-refractivity contribution in [2.45, 2.75) is 25.7 Å². The van der Waals surface area contributed by atoms with E-state index >= 15 is 0 Å². The van der Waals surface area contributed by atoms with Gasteiger partial charge in [-0.3, -0.25) is 4.79 Å². The van der Waals surface area contributed by atoms with Crippen LogP contribution < -0.4 is 5.73 Å². The summed E-state index contributed by atoms with van der Waals surface area (Å²) >= 11 is 0. The molecule has 0 atom stereocenters. The maximum Gasteiger partial charge on any atom is 0.166 e. The quantitative estimate of drug-likeness (QED) is 0.486. The minimum absolute atomic E-state index is 0.00831. The molecule has 0 radical (unpaired) electrons. The molecule has 0 saturated carbocycles. The normalized spacial score (nSPS) is 16.7. The molecule has 0 amide bonds. The molecule has 4 heteroatoms. The van der Waals surface area contributed by atoms with Crippen LogP contribution in [0.4, 0.5) is 5.69 Å². The number of phenolic OH excluding ortho intramolecular Hbond substituents is 1. The Kier molecular flexibility index (Phi) is 4.20. The molecule has 1 aliphatic rings. The van der Waals surface area contributed by atoms with Crippen LogP contribution in [0.5, 0.6) is 5.75 Å². The number of carbonyl (C=O) groups is 1. The third-order valence-electron chi connectivity index (χ3n) is 3.44. The van der Waals surface area contributed by atoms with Gasteiger partial charge in [-0.05, 0) is 44.1 Å². The summed E-state index contributed by atoms with van der Waals surface area (Å²) in [5, 5.41) is 9.39. The number of nitrogen functional groups attached to an aromatic ring is 1. The number of nitrogens with zero attached hydrogens (tertiary/aromatic N) is 1. The summed E-state index contributed by atoms with van der Waals surface area (Å²) in [7, 11) is 0. The van der Waals surface area contributed by atoms with E-state index < -0.39 is 0 Å². The largest absolute Gasteiger partial charge is 0.508 e. The Balaban J connectivity index is 1.92. The average Bonchev–Trinajstić information content (AvgIpc) is 2.40. The Labute approximate surface area is 107 Å². The summed E-state index contributed by atoms with van der Waals surface area (Å²) in [6, 6.07) is 4.52. The molecule has 0 aromatic heterocycles. The maximum absolute atomic E-state index is 12.0. The Bertz CT molecular complexity index is 426. The van der Waals surface area contributed by atoms with Gasteiger partial charge in [-0.15, -0.1) is 0 Å². The van der Waals surface area contributed by atoms with E-state index in [-0.39, 0.29) is 11.5 Å². The number of nitrogens with two attached hydrogens (primary N) is 1. The van der Waals surface area contributed by atoms with Crippen LogP contribution in [-0.2, 0) is 0 Å². The Morgan fingerprint density at radius 3 is 2.72 bits per heavy atom. The Hall–Kier alpha value is -1.55. The molecule has 2 rings (SSSR count). The molecule has 1 aromatic rings. The van der Waals surface area contributed by atoms with Gasteiger partial charge >= 0.3 is 0 Å². The number of phenols is 1. The van der Waals surface area contributed by atoms with E-state index in [0.717, 1.165) is 19.6 Å². The van der Waals surface area contributed by atoms with Gasteiger partial charge in [-0.2, -0.15) is 0 Å². The van der Waals surface area contributed by atoms with Crippen LogP contribution >= 0.6 is 0 Å². The second kappa shape index (κ2) is 5.87. The van der Waals surface area contributed by atoms with Crippen molar-refractivity contribution in [2.75, 3.05) is 25.4 Å². The lowest BCUT2D eigenvalue weighted by atomic mass is 10.0. The molecule has 0 bridgehead atoms. The van der Waals surface area contributed by atoms with E-state index in [9.17, 15) is 9.90 Å². The second-order valence-electron chi connectivity index (χ2n) is 4.85. The first-order chi connectivity index (χ1) is 8.66. The minimum atomic E-state index is 0.00831. The minimum Gasteiger partial charge on any atom is -0.508 e. The number of hydrogen-bond acceptors (Lipinski definition) is 4. The number of aromatic hydroxyl groups is 1. The summed E-state index contributed by atoms with van der Waals surface area (Å²) in [5.74, 6) is 0.0968. The topological polar surface area (TPSA) is 66.6 Å². The van der Waals surface area contributed by atoms with Gasteiger partial charge in [0.15, 0.2) is 5.78 Å². The molecule has 3 N–H and O–H groups in total. The van der Waals surface area contributed by atoms with Gasteiger partial charge < -0.3 is 15.7 Å². The lowest BCUT2D eigenvalue weighted by Crippen LogP contribution is -2.31. The zero-order valence-corrected chi connectivity index (χ0v) is 10.6. The third kappa shape index (κ3) is 3.23. The van der Waals surface area contributed by atoms with E-state index in [2.05, 4.69) is 4.90 Å². The number of piperidine rings is 1. The van der Waals surface area contributed by atoms with Crippen LogP contribution in [0.25, 0.3) is 0 Å². The summed E-state index contributed by atoms with van der Waals surface area (Å²) < 4.78 is 0. The number of hydrogen-bond donors (Lipinski definition) is 2. The van der Waals surface area contributed by atoms with Crippen molar-refractivity contribution in [3.05, 3.63) is 23.8 Å². The van der Waals surface area contributed by atoms with E-state index in [1.807, 2.05) is 0 Å². The molecule has 98 valence electrons. The van der Waals surface area contributed by atoms with Gasteiger partial charge in [-0.25, -0.2) is 0 Å². The fourth-order valence-electron chi connectivity index (χ4n) is 2.36. The highest BCUT2D eigenvalue weighted by molar-refractivity contribution is 6.01. The van der Waals surface area contributed by atoms with Crippen LogP contribution in [0.15, 0.2) is 18.2 Å². The lowest BCUT2D eigenvalue weighted by molar-refractivity contribution is 0.0959. The number of carbonyl (C=O) groups excluding carboxylic acids is 1. The number of ketones is 1. The van der Waals surface area contributed by atoms with Crippen molar-refractivity contribution in [2.24, 2.45) is 0 Å². The first-order valence-electron chi connectivity index (χ1n) is 6.51. The molecule has 0 unspecified atom stereocenters. The zero-order chi connectivity index (χ0) is 13.0. The Morgan fingerprint density at radius 1 is 1.28 bits per heavy atom. The van der Waals surface area contributed by atoms with Crippen LogP contribution in [0.1, 0.15) is 36.0 Å². The number of benzene rings is 1. The first kappa shape index (κ1) is 12.9. The van der Waals surface area contributed by atoms with Crippen LogP contribution in [0.3, 0.4) is 0 Å². The third-order valence-corrected chi connectivity index (χ3v) is 3.44. The monoisotopic (exact) mass is 248 g/mol. The fourth-order valence-corrected chi connectivity index (χ4v) is 2.36. The van der Waals surface area contributed by atoms with Crippen molar-refractivity contribution in [1.82, 2.24) is 4.90 Å². The zero-order valence-electron chi connectivity index (χ0n) is 10.6. The van der Waals surface area contributed by atoms with Gasteiger partial charge in [0.05, 0.1) is 0 Å². The number of rotatable bonds is 4. The van der Waals surface area contributed by atoms with Gasteiger partial charge in [0.25, 0.3) is 0 Å². The second-order valence-corrected chi connectivity index (χ2v) is 4.85. The fraction of sp³-hybridized carbons (Fsp3) is 0.500. The van der Waals surface area contributed by atoms with Crippen LogP contribution in [0.2, 0.25) is 0 Å². The lowest BCUT2D eigenvalue weighted by Gasteiger charge is -2.26. The highest BCUT2D eigenvalue weighted by Gasteiger charge is 2.14. The van der Waals surface area contributed by atoms with E-state index in [1.165, 1.54) is 31.4 Å². The summed E-state index contributed by atoms with van der Waals surface area (Å²) in [6.45, 7) is 2.96. The molecule has 1 saturated heterocycles. The maximum atomic E-state index is 12.0. The standard InChI is InChI=1S/C14H20N2O2/c15-13-5-4-11(17)10-12(13)14(18)6-9-16-7-2-1-3-8-16/h4-5,10,17H,1-3,6-9,15H2. The van der Waals surface area contributed by atoms with Gasteiger partial charge in [0, 0.05) is 24.2 Å². The smallest absolute Gasteiger partial charge is 0.166 e. The predicted octanol–water partition coefficient (Wildman–Crippen LogP) is 2.03. The van der Waals surface area contributed by atoms with Crippen molar-refractivity contribution >= 4 is 11.5 Å². The predicted molar refractivity (Wildman–Crippen MR) is 71.8 cm³/mol. The van der Waals surface area contributed by atoms with E-state index in [0.29, 0.717) is 17.7 Å². The molecule has 4 nitrogen and oxygen atoms in total. The summed E-state index contributed by atoms with van der Waals surface area (Å²) in [5.41, 5.74) is 6.63. The summed E-state index contributed by atoms with van der Waals surface area (Å²) in [4.78, 5) is 14.4. The molecule has 18 heavy (non-hydrogen) atoms. The average molecular weight is 248 g/mol.